The molecule has 1 rings (SSSR count). The lowest BCUT2D eigenvalue weighted by molar-refractivity contribution is -0.149. The summed E-state index contributed by atoms with van der Waals surface area (Å²) in [5, 5.41) is 0. The average Bonchev–Trinajstić information content (AvgIpc) is 2.32. The SMILES string of the molecule is Cc1ccc([C@H](C)C(F)(F)F)o1. The minimum absolute atomic E-state index is 0.0278. The van der Waals surface area contributed by atoms with Crippen LogP contribution >= 0.6 is 0 Å². The summed E-state index contributed by atoms with van der Waals surface area (Å²) in [6, 6.07) is 2.88. The van der Waals surface area contributed by atoms with Crippen molar-refractivity contribution >= 4 is 0 Å². The van der Waals surface area contributed by atoms with E-state index in [9.17, 15) is 13.2 Å². The van der Waals surface area contributed by atoms with E-state index < -0.39 is 12.1 Å². The van der Waals surface area contributed by atoms with E-state index in [0.29, 0.717) is 5.76 Å². The number of furan rings is 1. The number of hydrogen-bond acceptors (Lipinski definition) is 1. The molecule has 1 heterocycles. The van der Waals surface area contributed by atoms with Gasteiger partial charge < -0.3 is 4.42 Å². The fraction of sp³-hybridized carbons (Fsp3) is 0.500. The molecule has 0 fully saturated rings. The van der Waals surface area contributed by atoms with E-state index in [2.05, 4.69) is 0 Å². The Balaban J connectivity index is 2.85. The first-order valence-corrected chi connectivity index (χ1v) is 3.54. The minimum atomic E-state index is -4.22. The summed E-state index contributed by atoms with van der Waals surface area (Å²) in [7, 11) is 0. The molecule has 0 bridgehead atoms. The van der Waals surface area contributed by atoms with Crippen LogP contribution in [0.5, 0.6) is 0 Å². The van der Waals surface area contributed by atoms with Gasteiger partial charge in [-0.25, -0.2) is 0 Å². The van der Waals surface area contributed by atoms with Crippen molar-refractivity contribution < 1.29 is 17.6 Å². The molecule has 0 aromatic carbocycles. The van der Waals surface area contributed by atoms with Crippen molar-refractivity contribution in [3.63, 3.8) is 0 Å². The monoisotopic (exact) mass is 178 g/mol. The maximum atomic E-state index is 12.1. The van der Waals surface area contributed by atoms with Gasteiger partial charge in [-0.05, 0) is 26.0 Å². The van der Waals surface area contributed by atoms with Crippen molar-refractivity contribution in [3.05, 3.63) is 23.7 Å². The van der Waals surface area contributed by atoms with Gasteiger partial charge in [0.25, 0.3) is 0 Å². The Morgan fingerprint density at radius 2 is 1.92 bits per heavy atom. The molecule has 0 amide bonds. The van der Waals surface area contributed by atoms with Gasteiger partial charge in [-0.15, -0.1) is 0 Å². The van der Waals surface area contributed by atoms with E-state index in [0.717, 1.165) is 6.92 Å². The zero-order chi connectivity index (χ0) is 9.35. The lowest BCUT2D eigenvalue weighted by Crippen LogP contribution is -2.16. The van der Waals surface area contributed by atoms with Gasteiger partial charge in [0.15, 0.2) is 0 Å². The van der Waals surface area contributed by atoms with Crippen LogP contribution in [0.25, 0.3) is 0 Å². The quantitative estimate of drug-likeness (QED) is 0.643. The molecular weight excluding hydrogens is 169 g/mol. The van der Waals surface area contributed by atoms with Crippen molar-refractivity contribution in [1.29, 1.82) is 0 Å². The molecule has 0 aliphatic heterocycles. The molecule has 0 N–H and O–H groups in total. The first-order valence-electron chi connectivity index (χ1n) is 3.54. The van der Waals surface area contributed by atoms with Crippen LogP contribution in [0, 0.1) is 6.92 Å². The molecule has 1 nitrogen and oxygen atoms in total. The van der Waals surface area contributed by atoms with Crippen molar-refractivity contribution in [2.24, 2.45) is 0 Å². The third-order valence-corrected chi connectivity index (χ3v) is 1.68. The van der Waals surface area contributed by atoms with Crippen LogP contribution in [0.15, 0.2) is 16.5 Å². The maximum Gasteiger partial charge on any atom is 0.398 e. The normalized spacial score (nSPS) is 14.8. The first kappa shape index (κ1) is 9.16. The van der Waals surface area contributed by atoms with E-state index in [4.69, 9.17) is 4.42 Å². The predicted molar refractivity (Wildman–Crippen MR) is 37.9 cm³/mol. The van der Waals surface area contributed by atoms with E-state index in [1.807, 2.05) is 0 Å². The molecule has 0 aliphatic carbocycles. The highest BCUT2D eigenvalue weighted by Gasteiger charge is 2.38. The van der Waals surface area contributed by atoms with Crippen molar-refractivity contribution in [3.8, 4) is 0 Å². The number of halogens is 3. The molecule has 12 heavy (non-hydrogen) atoms. The maximum absolute atomic E-state index is 12.1. The number of hydrogen-bond donors (Lipinski definition) is 0. The smallest absolute Gasteiger partial charge is 0.398 e. The van der Waals surface area contributed by atoms with Gasteiger partial charge in [0.2, 0.25) is 0 Å². The van der Waals surface area contributed by atoms with Crippen LogP contribution in [0.2, 0.25) is 0 Å². The third kappa shape index (κ3) is 1.81. The Morgan fingerprint density at radius 1 is 1.33 bits per heavy atom. The molecule has 68 valence electrons. The molecule has 0 aliphatic rings. The lowest BCUT2D eigenvalue weighted by atomic mass is 10.1. The van der Waals surface area contributed by atoms with Crippen LogP contribution < -0.4 is 0 Å². The van der Waals surface area contributed by atoms with Gasteiger partial charge in [-0.3, -0.25) is 0 Å². The van der Waals surface area contributed by atoms with Gasteiger partial charge in [0.05, 0.1) is 0 Å². The van der Waals surface area contributed by atoms with E-state index >= 15 is 0 Å². The summed E-state index contributed by atoms with van der Waals surface area (Å²) >= 11 is 0. The van der Waals surface area contributed by atoms with Crippen LogP contribution in [0.3, 0.4) is 0 Å². The zero-order valence-corrected chi connectivity index (χ0v) is 6.77. The molecule has 0 unspecified atom stereocenters. The van der Waals surface area contributed by atoms with Crippen LogP contribution in [0.1, 0.15) is 24.4 Å². The minimum Gasteiger partial charge on any atom is -0.466 e. The van der Waals surface area contributed by atoms with E-state index in [-0.39, 0.29) is 5.76 Å². The second-order valence-electron chi connectivity index (χ2n) is 2.71. The van der Waals surface area contributed by atoms with Crippen molar-refractivity contribution in [1.82, 2.24) is 0 Å². The zero-order valence-electron chi connectivity index (χ0n) is 6.77. The van der Waals surface area contributed by atoms with Gasteiger partial charge in [-0.1, -0.05) is 0 Å². The largest absolute Gasteiger partial charge is 0.466 e. The fourth-order valence-electron chi connectivity index (χ4n) is 0.847. The molecule has 0 saturated carbocycles. The summed E-state index contributed by atoms with van der Waals surface area (Å²) in [4.78, 5) is 0. The second kappa shape index (κ2) is 2.84. The van der Waals surface area contributed by atoms with Crippen LogP contribution in [0.4, 0.5) is 13.2 Å². The van der Waals surface area contributed by atoms with Gasteiger partial charge in [0.1, 0.15) is 17.4 Å². The standard InChI is InChI=1S/C8H9F3O/c1-5-3-4-7(12-5)6(2)8(9,10)11/h3-4,6H,1-2H3/t6-/m0/s1. The molecule has 0 spiro atoms. The number of rotatable bonds is 1. The van der Waals surface area contributed by atoms with Crippen molar-refractivity contribution in [2.45, 2.75) is 25.9 Å². The molecule has 0 saturated heterocycles. The van der Waals surface area contributed by atoms with Gasteiger partial charge >= 0.3 is 6.18 Å². The Kier molecular flexibility index (Phi) is 2.17. The van der Waals surface area contributed by atoms with Crippen LogP contribution in [-0.4, -0.2) is 6.18 Å². The van der Waals surface area contributed by atoms with Crippen LogP contribution in [-0.2, 0) is 0 Å². The first-order chi connectivity index (χ1) is 5.41. The Labute approximate surface area is 68.2 Å². The Hall–Kier alpha value is -0.930. The molecule has 4 heteroatoms. The highest BCUT2D eigenvalue weighted by Crippen LogP contribution is 2.34. The predicted octanol–water partition coefficient (Wildman–Crippen LogP) is 3.25. The van der Waals surface area contributed by atoms with Gasteiger partial charge in [0, 0.05) is 0 Å². The third-order valence-electron chi connectivity index (χ3n) is 1.68. The van der Waals surface area contributed by atoms with Gasteiger partial charge in [-0.2, -0.15) is 13.2 Å². The number of aryl methyl sites for hydroxylation is 1. The summed E-state index contributed by atoms with van der Waals surface area (Å²) in [6.07, 6.45) is -4.22. The summed E-state index contributed by atoms with van der Waals surface area (Å²) in [6.45, 7) is 2.70. The van der Waals surface area contributed by atoms with Crippen molar-refractivity contribution in [2.75, 3.05) is 0 Å². The topological polar surface area (TPSA) is 13.1 Å². The highest BCUT2D eigenvalue weighted by atomic mass is 19.4. The fourth-order valence-corrected chi connectivity index (χ4v) is 0.847. The number of alkyl halides is 3. The second-order valence-corrected chi connectivity index (χ2v) is 2.71. The Bertz CT molecular complexity index is 262. The molecule has 0 radical (unpaired) electrons. The Morgan fingerprint density at radius 3 is 2.25 bits per heavy atom. The average molecular weight is 178 g/mol. The molecule has 1 atom stereocenters. The summed E-state index contributed by atoms with van der Waals surface area (Å²) in [5.41, 5.74) is 0. The van der Waals surface area contributed by atoms with E-state index in [1.165, 1.54) is 12.1 Å². The molecular formula is C8H9F3O. The lowest BCUT2D eigenvalue weighted by Gasteiger charge is -2.12. The molecule has 1 aromatic heterocycles. The van der Waals surface area contributed by atoms with E-state index in [1.54, 1.807) is 6.92 Å². The summed E-state index contributed by atoms with van der Waals surface area (Å²) in [5.74, 6) is -1.05. The highest BCUT2D eigenvalue weighted by molar-refractivity contribution is 5.10. The molecule has 1 aromatic rings. The summed E-state index contributed by atoms with van der Waals surface area (Å²) < 4.78 is 41.1.